The van der Waals surface area contributed by atoms with Crippen molar-refractivity contribution in [3.8, 4) is 0 Å². The van der Waals surface area contributed by atoms with Gasteiger partial charge in [-0.1, -0.05) is 0 Å². The van der Waals surface area contributed by atoms with Crippen LogP contribution < -0.4 is 0 Å². The van der Waals surface area contributed by atoms with Crippen molar-refractivity contribution < 1.29 is 0 Å². The first kappa shape index (κ1) is 26.5. The van der Waals surface area contributed by atoms with Gasteiger partial charge in [0.1, 0.15) is 0 Å². The molecule has 1 aromatic heterocycles. The molecule has 0 saturated heterocycles. The molecule has 1 atom stereocenters. The molecule has 0 spiro atoms. The molecule has 1 heterocycles. The minimum absolute atomic E-state index is 0.699. The third kappa shape index (κ3) is 9.73. The summed E-state index contributed by atoms with van der Waals surface area (Å²) in [6.45, 7) is 7.10. The molecule has 0 aliphatic heterocycles. The standard InChI is InChI=1S/C16H16NS.3C4H9.Sn/c1-3-9-15(10-4-1)11-5-2-8-14-18-16-12-6-7-13-17-16;3*1-3-4-2;/h1-4,6-10,12-14H,5,11H2;3*1,3-4H2,2H3;/b8-2+;;;;. The van der Waals surface area contributed by atoms with Gasteiger partial charge < -0.3 is 0 Å². The topological polar surface area (TPSA) is 12.9 Å². The average Bonchev–Trinajstić information content (AvgIpc) is 2.82. The van der Waals surface area contributed by atoms with E-state index >= 15 is 0 Å². The van der Waals surface area contributed by atoms with Crippen molar-refractivity contribution in [3.63, 3.8) is 0 Å². The molecule has 0 bridgehead atoms. The van der Waals surface area contributed by atoms with E-state index in [0.29, 0.717) is 3.27 Å². The average molecular weight is 544 g/mol. The Morgan fingerprint density at radius 2 is 1.45 bits per heavy atom. The molecule has 1 nitrogen and oxygen atoms in total. The number of hydrogen-bond donors (Lipinski definition) is 0. The van der Waals surface area contributed by atoms with Gasteiger partial charge in [-0.2, -0.15) is 0 Å². The second-order valence-electron chi connectivity index (χ2n) is 8.83. The number of allylic oxidation sites excluding steroid dienone is 1. The number of aryl methyl sites for hydroxylation is 1. The SMILES string of the molecule is CCC[CH2][Sn]([CH2]CCC)([CH2]CCC)[CH](/C=C/CCc1ccccc1)Sc1ccccn1. The van der Waals surface area contributed by atoms with Crippen LogP contribution in [-0.2, 0) is 6.42 Å². The summed E-state index contributed by atoms with van der Waals surface area (Å²) in [6, 6.07) is 17.3. The van der Waals surface area contributed by atoms with Crippen LogP contribution in [0.4, 0.5) is 0 Å². The minimum atomic E-state index is -2.40. The Balaban J connectivity index is 2.25. The van der Waals surface area contributed by atoms with Crippen LogP contribution in [0.25, 0.3) is 0 Å². The maximum atomic E-state index is 4.71. The van der Waals surface area contributed by atoms with Gasteiger partial charge in [0.25, 0.3) is 0 Å². The number of pyridine rings is 1. The van der Waals surface area contributed by atoms with Gasteiger partial charge in [0.15, 0.2) is 0 Å². The van der Waals surface area contributed by atoms with E-state index in [0.717, 1.165) is 12.8 Å². The Morgan fingerprint density at radius 1 is 0.839 bits per heavy atom. The van der Waals surface area contributed by atoms with Crippen LogP contribution in [0.15, 0.2) is 71.9 Å². The normalized spacial score (nSPS) is 13.0. The fourth-order valence-corrected chi connectivity index (χ4v) is 26.1. The van der Waals surface area contributed by atoms with Gasteiger partial charge in [0, 0.05) is 0 Å². The fourth-order valence-electron chi connectivity index (χ4n) is 4.42. The van der Waals surface area contributed by atoms with Gasteiger partial charge in [0.2, 0.25) is 0 Å². The first-order valence-electron chi connectivity index (χ1n) is 12.5. The number of unbranched alkanes of at least 4 members (excludes halogenated alkanes) is 3. The summed E-state index contributed by atoms with van der Waals surface area (Å²) >= 11 is -0.313. The van der Waals surface area contributed by atoms with Gasteiger partial charge in [0.05, 0.1) is 0 Å². The predicted molar refractivity (Wildman–Crippen MR) is 143 cm³/mol. The molecule has 0 radical (unpaired) electrons. The molecule has 31 heavy (non-hydrogen) atoms. The summed E-state index contributed by atoms with van der Waals surface area (Å²) in [5.74, 6) is 0. The second kappa shape index (κ2) is 16.0. The zero-order valence-electron chi connectivity index (χ0n) is 20.1. The Morgan fingerprint density at radius 3 is 2.00 bits per heavy atom. The van der Waals surface area contributed by atoms with Crippen LogP contribution >= 0.6 is 11.8 Å². The van der Waals surface area contributed by atoms with Crippen molar-refractivity contribution in [1.82, 2.24) is 4.98 Å². The Bertz CT molecular complexity index is 695. The van der Waals surface area contributed by atoms with Crippen LogP contribution in [0.2, 0.25) is 13.3 Å². The molecule has 0 N–H and O–H groups in total. The number of thioether (sulfide) groups is 1. The molecule has 0 aliphatic rings. The van der Waals surface area contributed by atoms with Crippen molar-refractivity contribution in [1.29, 1.82) is 0 Å². The molecule has 3 heteroatoms. The number of hydrogen-bond acceptors (Lipinski definition) is 2. The van der Waals surface area contributed by atoms with Gasteiger partial charge in [-0.25, -0.2) is 0 Å². The van der Waals surface area contributed by atoms with Gasteiger partial charge in [-0.15, -0.1) is 0 Å². The van der Waals surface area contributed by atoms with E-state index in [9.17, 15) is 0 Å². The Hall–Kier alpha value is -0.741. The Kier molecular flexibility index (Phi) is 13.7. The van der Waals surface area contributed by atoms with Crippen LogP contribution in [0.1, 0.15) is 71.3 Å². The van der Waals surface area contributed by atoms with E-state index in [1.54, 1.807) is 13.3 Å². The molecule has 170 valence electrons. The summed E-state index contributed by atoms with van der Waals surface area (Å²) in [5.41, 5.74) is 1.44. The van der Waals surface area contributed by atoms with Crippen LogP contribution in [0, 0.1) is 0 Å². The zero-order chi connectivity index (χ0) is 22.2. The molecule has 0 fully saturated rings. The molecule has 0 saturated carbocycles. The quantitative estimate of drug-likeness (QED) is 0.119. The van der Waals surface area contributed by atoms with E-state index in [-0.39, 0.29) is 0 Å². The van der Waals surface area contributed by atoms with Crippen molar-refractivity contribution in [2.75, 3.05) is 0 Å². The van der Waals surface area contributed by atoms with Crippen molar-refractivity contribution in [2.24, 2.45) is 0 Å². The van der Waals surface area contributed by atoms with Crippen molar-refractivity contribution >= 4 is 30.1 Å². The summed E-state index contributed by atoms with van der Waals surface area (Å²) in [7, 11) is 0. The number of aromatic nitrogens is 1. The van der Waals surface area contributed by atoms with E-state index < -0.39 is 18.4 Å². The van der Waals surface area contributed by atoms with E-state index in [1.165, 1.54) is 49.1 Å². The first-order valence-corrected chi connectivity index (χ1v) is 21.1. The number of benzene rings is 1. The van der Waals surface area contributed by atoms with Crippen molar-refractivity contribution in [2.45, 2.75) is 93.7 Å². The summed E-state index contributed by atoms with van der Waals surface area (Å²) in [4.78, 5) is 4.71. The molecule has 0 aliphatic carbocycles. The third-order valence-corrected chi connectivity index (χ3v) is 27.1. The number of rotatable bonds is 16. The first-order chi connectivity index (χ1) is 15.2. The van der Waals surface area contributed by atoms with Gasteiger partial charge >= 0.3 is 201 Å². The molecule has 1 unspecified atom stereocenters. The van der Waals surface area contributed by atoms with Crippen molar-refractivity contribution in [3.05, 3.63) is 72.4 Å². The molecule has 1 aromatic carbocycles. The molecule has 0 amide bonds. The van der Waals surface area contributed by atoms with E-state index in [1.807, 2.05) is 12.3 Å². The Labute approximate surface area is 200 Å². The van der Waals surface area contributed by atoms with E-state index in [2.05, 4.69) is 87.1 Å². The molecule has 2 rings (SSSR count). The van der Waals surface area contributed by atoms with Crippen LogP contribution in [0.5, 0.6) is 0 Å². The van der Waals surface area contributed by atoms with Crippen LogP contribution in [0.3, 0.4) is 0 Å². The zero-order valence-corrected chi connectivity index (χ0v) is 23.7. The molecular weight excluding hydrogens is 501 g/mol. The fraction of sp³-hybridized carbons (Fsp3) is 0.536. The van der Waals surface area contributed by atoms with Gasteiger partial charge in [-0.05, 0) is 0 Å². The third-order valence-electron chi connectivity index (χ3n) is 6.33. The van der Waals surface area contributed by atoms with E-state index in [4.69, 9.17) is 4.98 Å². The van der Waals surface area contributed by atoms with Gasteiger partial charge in [-0.3, -0.25) is 0 Å². The van der Waals surface area contributed by atoms with Crippen LogP contribution in [-0.4, -0.2) is 26.6 Å². The summed E-state index contributed by atoms with van der Waals surface area (Å²) in [5, 5.41) is 1.21. The predicted octanol–water partition coefficient (Wildman–Crippen LogP) is 9.12. The molecule has 2 aromatic rings. The second-order valence-corrected chi connectivity index (χ2v) is 25.0. The molecular formula is C28H43NSSn. The monoisotopic (exact) mass is 545 g/mol. The maximum absolute atomic E-state index is 4.71. The summed E-state index contributed by atoms with van der Waals surface area (Å²) in [6.07, 6.45) is 17.6. The number of nitrogens with zero attached hydrogens (tertiary/aromatic N) is 1. The summed E-state index contributed by atoms with van der Waals surface area (Å²) < 4.78 is 5.32.